The fraction of sp³-hybridized carbons (Fsp3) is 0.222. The van der Waals surface area contributed by atoms with E-state index < -0.39 is 0 Å². The van der Waals surface area contributed by atoms with E-state index in [4.69, 9.17) is 4.74 Å². The van der Waals surface area contributed by atoms with Crippen LogP contribution < -0.4 is 10.0 Å². The maximum absolute atomic E-state index is 10.9. The smallest absolute Gasteiger partial charge is 0.310 e. The van der Waals surface area contributed by atoms with E-state index in [9.17, 15) is 4.79 Å². The van der Waals surface area contributed by atoms with Crippen molar-refractivity contribution in [2.45, 2.75) is 13.3 Å². The molecule has 1 aromatic rings. The number of para-hydroxylation sites is 1. The molecule has 0 saturated heterocycles. The second-order valence-electron chi connectivity index (χ2n) is 2.37. The van der Waals surface area contributed by atoms with Gasteiger partial charge in [-0.25, -0.2) is 0 Å². The lowest BCUT2D eigenvalue weighted by molar-refractivity contribution is -0.133. The van der Waals surface area contributed by atoms with Crippen LogP contribution in [0.5, 0.6) is 5.75 Å². The summed E-state index contributed by atoms with van der Waals surface area (Å²) < 4.78 is 5.03. The number of hydrogen-bond donors (Lipinski definition) is 0. The Morgan fingerprint density at radius 1 is 1.50 bits per heavy atom. The molecule has 0 aliphatic rings. The van der Waals surface area contributed by atoms with Crippen LogP contribution in [0.2, 0.25) is 0 Å². The van der Waals surface area contributed by atoms with Gasteiger partial charge in [-0.2, -0.15) is 0 Å². The lowest BCUT2D eigenvalue weighted by Gasteiger charge is -2.04. The van der Waals surface area contributed by atoms with E-state index in [2.05, 4.69) is 9.24 Å². The van der Waals surface area contributed by atoms with Gasteiger partial charge in [0.05, 0.1) is 0 Å². The van der Waals surface area contributed by atoms with Crippen LogP contribution in [0, 0.1) is 0 Å². The van der Waals surface area contributed by atoms with Crippen molar-refractivity contribution in [1.82, 2.24) is 0 Å². The average molecular weight is 182 g/mol. The molecule has 64 valence electrons. The van der Waals surface area contributed by atoms with E-state index in [1.807, 2.05) is 18.2 Å². The highest BCUT2D eigenvalue weighted by Crippen LogP contribution is 2.10. The number of rotatable bonds is 2. The van der Waals surface area contributed by atoms with E-state index in [1.54, 1.807) is 13.0 Å². The molecule has 0 heterocycles. The topological polar surface area (TPSA) is 26.3 Å². The van der Waals surface area contributed by atoms with E-state index in [0.29, 0.717) is 12.2 Å². The molecule has 0 radical (unpaired) electrons. The molecule has 1 unspecified atom stereocenters. The Hall–Kier alpha value is -0.880. The summed E-state index contributed by atoms with van der Waals surface area (Å²) in [5, 5.41) is 0.902. The minimum Gasteiger partial charge on any atom is -0.426 e. The molecule has 1 atom stereocenters. The molecule has 0 aliphatic heterocycles. The Bertz CT molecular complexity index is 284. The van der Waals surface area contributed by atoms with Gasteiger partial charge >= 0.3 is 5.97 Å². The maximum Gasteiger partial charge on any atom is 0.310 e. The first-order chi connectivity index (χ1) is 5.74. The first-order valence-electron chi connectivity index (χ1n) is 3.79. The SMILES string of the molecule is CCC(=O)Oc1ccccc1P. The minimum atomic E-state index is -0.204. The van der Waals surface area contributed by atoms with E-state index >= 15 is 0 Å². The van der Waals surface area contributed by atoms with Crippen molar-refractivity contribution in [2.75, 3.05) is 0 Å². The lowest BCUT2D eigenvalue weighted by Crippen LogP contribution is -2.09. The normalized spacial score (nSPS) is 9.50. The fourth-order valence-electron chi connectivity index (χ4n) is 0.768. The monoisotopic (exact) mass is 182 g/mol. The standard InChI is InChI=1S/C9H11O2P/c1-2-9(10)11-7-5-3-4-6-8(7)12/h3-6H,2,12H2,1H3. The summed E-state index contributed by atoms with van der Waals surface area (Å²) in [5.41, 5.74) is 0. The van der Waals surface area contributed by atoms with Gasteiger partial charge in [0.15, 0.2) is 0 Å². The molecule has 1 aromatic carbocycles. The van der Waals surface area contributed by atoms with E-state index in [-0.39, 0.29) is 5.97 Å². The van der Waals surface area contributed by atoms with Gasteiger partial charge in [-0.15, -0.1) is 9.24 Å². The van der Waals surface area contributed by atoms with Gasteiger partial charge in [-0.05, 0) is 6.07 Å². The van der Waals surface area contributed by atoms with Crippen LogP contribution in [0.3, 0.4) is 0 Å². The zero-order valence-electron chi connectivity index (χ0n) is 6.91. The van der Waals surface area contributed by atoms with Gasteiger partial charge in [-0.3, -0.25) is 4.79 Å². The average Bonchev–Trinajstić information content (AvgIpc) is 2.09. The van der Waals surface area contributed by atoms with Crippen molar-refractivity contribution in [3.63, 3.8) is 0 Å². The third kappa shape index (κ3) is 2.31. The van der Waals surface area contributed by atoms with Crippen LogP contribution in [0.15, 0.2) is 24.3 Å². The molecule has 1 rings (SSSR count). The number of ether oxygens (including phenoxy) is 1. The second kappa shape index (κ2) is 4.22. The first kappa shape index (κ1) is 9.21. The Labute approximate surface area is 74.1 Å². The molecular weight excluding hydrogens is 171 g/mol. The predicted octanol–water partition coefficient (Wildman–Crippen LogP) is 1.50. The molecule has 0 N–H and O–H groups in total. The Balaban J connectivity index is 2.75. The molecule has 0 saturated carbocycles. The highest BCUT2D eigenvalue weighted by Gasteiger charge is 2.02. The molecule has 0 fully saturated rings. The zero-order valence-corrected chi connectivity index (χ0v) is 8.07. The lowest BCUT2D eigenvalue weighted by atomic mass is 10.3. The van der Waals surface area contributed by atoms with Crippen molar-refractivity contribution < 1.29 is 9.53 Å². The Morgan fingerprint density at radius 3 is 2.75 bits per heavy atom. The largest absolute Gasteiger partial charge is 0.426 e. The van der Waals surface area contributed by atoms with Crippen molar-refractivity contribution in [3.05, 3.63) is 24.3 Å². The summed E-state index contributed by atoms with van der Waals surface area (Å²) in [6, 6.07) is 7.39. The minimum absolute atomic E-state index is 0.204. The molecule has 0 aromatic heterocycles. The maximum atomic E-state index is 10.9. The third-order valence-electron chi connectivity index (χ3n) is 1.43. The number of hydrogen-bond acceptors (Lipinski definition) is 2. The Morgan fingerprint density at radius 2 is 2.17 bits per heavy atom. The van der Waals surface area contributed by atoms with Gasteiger partial charge in [0.2, 0.25) is 0 Å². The highest BCUT2D eigenvalue weighted by atomic mass is 31.0. The summed E-state index contributed by atoms with van der Waals surface area (Å²) in [6.45, 7) is 1.77. The summed E-state index contributed by atoms with van der Waals surface area (Å²) in [7, 11) is 2.52. The third-order valence-corrected chi connectivity index (χ3v) is 1.91. The number of esters is 1. The van der Waals surface area contributed by atoms with E-state index in [1.165, 1.54) is 0 Å². The summed E-state index contributed by atoms with van der Waals surface area (Å²) >= 11 is 0. The molecule has 0 spiro atoms. The van der Waals surface area contributed by atoms with Crippen LogP contribution >= 0.6 is 9.24 Å². The molecule has 3 heteroatoms. The summed E-state index contributed by atoms with van der Waals surface area (Å²) in [5.74, 6) is 0.416. The molecule has 12 heavy (non-hydrogen) atoms. The second-order valence-corrected chi connectivity index (χ2v) is 2.99. The molecule has 0 amide bonds. The van der Waals surface area contributed by atoms with E-state index in [0.717, 1.165) is 5.30 Å². The fourth-order valence-corrected chi connectivity index (χ4v) is 1.03. The van der Waals surface area contributed by atoms with Gasteiger partial charge in [0.1, 0.15) is 5.75 Å². The summed E-state index contributed by atoms with van der Waals surface area (Å²) in [6.07, 6.45) is 0.402. The van der Waals surface area contributed by atoms with Gasteiger partial charge in [0.25, 0.3) is 0 Å². The van der Waals surface area contributed by atoms with Crippen LogP contribution in [0.4, 0.5) is 0 Å². The number of carbonyl (C=O) groups is 1. The van der Waals surface area contributed by atoms with Crippen LogP contribution in [0.1, 0.15) is 13.3 Å². The summed E-state index contributed by atoms with van der Waals surface area (Å²) in [4.78, 5) is 10.9. The van der Waals surface area contributed by atoms with Crippen LogP contribution in [-0.4, -0.2) is 5.97 Å². The predicted molar refractivity (Wildman–Crippen MR) is 51.7 cm³/mol. The van der Waals surface area contributed by atoms with Crippen LogP contribution in [0.25, 0.3) is 0 Å². The molecular formula is C9H11O2P. The molecule has 0 aliphatic carbocycles. The van der Waals surface area contributed by atoms with Gasteiger partial charge in [0, 0.05) is 11.7 Å². The van der Waals surface area contributed by atoms with Gasteiger partial charge in [-0.1, -0.05) is 25.1 Å². The highest BCUT2D eigenvalue weighted by molar-refractivity contribution is 7.27. The number of carbonyl (C=O) groups excluding carboxylic acids is 1. The van der Waals surface area contributed by atoms with Crippen molar-refractivity contribution >= 4 is 20.5 Å². The first-order valence-corrected chi connectivity index (χ1v) is 4.37. The number of benzene rings is 1. The van der Waals surface area contributed by atoms with Crippen LogP contribution in [-0.2, 0) is 4.79 Å². The zero-order chi connectivity index (χ0) is 8.97. The Kier molecular flexibility index (Phi) is 3.24. The van der Waals surface area contributed by atoms with Crippen molar-refractivity contribution in [2.24, 2.45) is 0 Å². The van der Waals surface area contributed by atoms with Gasteiger partial charge < -0.3 is 4.74 Å². The molecule has 2 nitrogen and oxygen atoms in total. The molecule has 0 bridgehead atoms. The quantitative estimate of drug-likeness (QED) is 0.393. The van der Waals surface area contributed by atoms with Crippen molar-refractivity contribution in [3.8, 4) is 5.75 Å². The van der Waals surface area contributed by atoms with Crippen molar-refractivity contribution in [1.29, 1.82) is 0 Å².